The van der Waals surface area contributed by atoms with E-state index in [1.165, 1.54) is 0 Å². The summed E-state index contributed by atoms with van der Waals surface area (Å²) in [5.41, 5.74) is 1.92. The van der Waals surface area contributed by atoms with Crippen LogP contribution in [0.2, 0.25) is 5.02 Å². The molecule has 0 spiro atoms. The molecule has 1 atom stereocenters. The summed E-state index contributed by atoms with van der Waals surface area (Å²) < 4.78 is 5.48. The predicted molar refractivity (Wildman–Crippen MR) is 129 cm³/mol. The highest BCUT2D eigenvalue weighted by Crippen LogP contribution is 2.31. The van der Waals surface area contributed by atoms with E-state index in [0.29, 0.717) is 24.1 Å². The first kappa shape index (κ1) is 23.3. The molecule has 156 valence electrons. The Morgan fingerprint density at radius 1 is 1.28 bits per heavy atom. The number of carbonyl (C=O) groups is 1. The van der Waals surface area contributed by atoms with Crippen LogP contribution in [0, 0.1) is 0 Å². The molecule has 2 aromatic carbocycles. The molecule has 1 unspecified atom stereocenters. The van der Waals surface area contributed by atoms with E-state index in [2.05, 4.69) is 22.5 Å². The van der Waals surface area contributed by atoms with Crippen LogP contribution in [0.1, 0.15) is 24.9 Å². The highest BCUT2D eigenvalue weighted by molar-refractivity contribution is 14.0. The molecule has 0 saturated heterocycles. The van der Waals surface area contributed by atoms with E-state index >= 15 is 0 Å². The number of fused-ring (bicyclic) bond motifs is 1. The van der Waals surface area contributed by atoms with Crippen molar-refractivity contribution in [1.29, 1.82) is 0 Å². The number of nitrogens with one attached hydrogen (secondary N) is 2. The van der Waals surface area contributed by atoms with Crippen LogP contribution in [0.15, 0.2) is 53.5 Å². The van der Waals surface area contributed by atoms with Crippen molar-refractivity contribution in [3.05, 3.63) is 59.1 Å². The minimum atomic E-state index is -0.0178. The molecule has 1 aliphatic rings. The number of benzene rings is 2. The van der Waals surface area contributed by atoms with E-state index in [4.69, 9.17) is 16.3 Å². The van der Waals surface area contributed by atoms with E-state index in [9.17, 15) is 4.79 Å². The Bertz CT molecular complexity index is 862. The summed E-state index contributed by atoms with van der Waals surface area (Å²) in [6.07, 6.45) is 0.784. The van der Waals surface area contributed by atoms with Crippen molar-refractivity contribution in [3.63, 3.8) is 0 Å². The zero-order valence-corrected chi connectivity index (χ0v) is 19.6. The van der Waals surface area contributed by atoms with Gasteiger partial charge in [-0.2, -0.15) is 0 Å². The monoisotopic (exact) mass is 528 g/mol. The van der Waals surface area contributed by atoms with Gasteiger partial charge in [0.15, 0.2) is 12.6 Å². The van der Waals surface area contributed by atoms with Crippen molar-refractivity contribution in [2.45, 2.75) is 19.4 Å². The number of halogens is 2. The van der Waals surface area contributed by atoms with Crippen LogP contribution >= 0.6 is 35.6 Å². The van der Waals surface area contributed by atoms with Crippen molar-refractivity contribution < 1.29 is 9.53 Å². The van der Waals surface area contributed by atoms with Crippen LogP contribution < -0.4 is 20.3 Å². The molecule has 0 radical (unpaired) electrons. The number of guanidine groups is 1. The first-order chi connectivity index (χ1) is 13.6. The maximum atomic E-state index is 12.2. The highest BCUT2D eigenvalue weighted by Gasteiger charge is 2.24. The minimum Gasteiger partial charge on any atom is -0.482 e. The van der Waals surface area contributed by atoms with Crippen molar-refractivity contribution in [3.8, 4) is 5.75 Å². The maximum Gasteiger partial charge on any atom is 0.265 e. The fourth-order valence-corrected chi connectivity index (χ4v) is 3.30. The number of rotatable bonds is 6. The van der Waals surface area contributed by atoms with Gasteiger partial charge in [-0.25, -0.2) is 0 Å². The Morgan fingerprint density at radius 3 is 2.83 bits per heavy atom. The first-order valence-corrected chi connectivity index (χ1v) is 9.71. The van der Waals surface area contributed by atoms with Gasteiger partial charge in [0.05, 0.1) is 11.7 Å². The van der Waals surface area contributed by atoms with Crippen LogP contribution in [0.5, 0.6) is 5.75 Å². The smallest absolute Gasteiger partial charge is 0.265 e. The number of aliphatic imine (C=N–C) groups is 1. The molecule has 1 aliphatic heterocycles. The lowest BCUT2D eigenvalue weighted by Crippen LogP contribution is -2.42. The molecule has 1 amide bonds. The summed E-state index contributed by atoms with van der Waals surface area (Å²) in [5, 5.41) is 7.37. The summed E-state index contributed by atoms with van der Waals surface area (Å²) in [6.45, 7) is 3.45. The van der Waals surface area contributed by atoms with Crippen molar-refractivity contribution in [2.75, 3.05) is 31.6 Å². The summed E-state index contributed by atoms with van der Waals surface area (Å²) >= 11 is 6.07. The molecule has 0 aromatic heterocycles. The number of anilines is 1. The molecule has 6 nitrogen and oxygen atoms in total. The Hall–Kier alpha value is -2.00. The Labute approximate surface area is 193 Å². The number of nitrogens with zero attached hydrogens (tertiary/aromatic N) is 2. The van der Waals surface area contributed by atoms with Gasteiger partial charge in [-0.3, -0.25) is 9.79 Å². The van der Waals surface area contributed by atoms with E-state index in [1.54, 1.807) is 11.9 Å². The standard InChI is InChI=1S/C21H25ClN4O2.HI/c1-15(16-7-5-8-17(22)13-16)25-21(23-2)24-11-6-12-26-18-9-3-4-10-19(18)28-14-20(26)27;/h3-5,7-10,13,15H,6,11-12,14H2,1-2H3,(H2,23,24,25);1H. The lowest BCUT2D eigenvalue weighted by atomic mass is 10.1. The number of para-hydroxylation sites is 2. The number of hydrogen-bond donors (Lipinski definition) is 2. The van der Waals surface area contributed by atoms with Gasteiger partial charge >= 0.3 is 0 Å². The number of amides is 1. The van der Waals surface area contributed by atoms with Gasteiger partial charge in [-0.15, -0.1) is 24.0 Å². The van der Waals surface area contributed by atoms with Gasteiger partial charge in [0.25, 0.3) is 5.91 Å². The maximum absolute atomic E-state index is 12.2. The van der Waals surface area contributed by atoms with Gasteiger partial charge < -0.3 is 20.3 Å². The Balaban J connectivity index is 0.00000300. The number of hydrogen-bond acceptors (Lipinski definition) is 3. The van der Waals surface area contributed by atoms with E-state index in [0.717, 1.165) is 23.4 Å². The molecule has 29 heavy (non-hydrogen) atoms. The lowest BCUT2D eigenvalue weighted by Gasteiger charge is -2.29. The van der Waals surface area contributed by atoms with Gasteiger partial charge in [0, 0.05) is 25.2 Å². The normalized spacial score (nSPS) is 14.4. The van der Waals surface area contributed by atoms with Crippen LogP contribution in [0.3, 0.4) is 0 Å². The Kier molecular flexibility index (Phi) is 9.03. The SMILES string of the molecule is CN=C(NCCCN1C(=O)COc2ccccc21)NC(C)c1cccc(Cl)c1.I. The van der Waals surface area contributed by atoms with Crippen molar-refractivity contribution in [2.24, 2.45) is 4.99 Å². The lowest BCUT2D eigenvalue weighted by molar-refractivity contribution is -0.121. The fourth-order valence-electron chi connectivity index (χ4n) is 3.10. The van der Waals surface area contributed by atoms with Crippen LogP contribution in [0.25, 0.3) is 0 Å². The summed E-state index contributed by atoms with van der Waals surface area (Å²) in [4.78, 5) is 18.3. The summed E-state index contributed by atoms with van der Waals surface area (Å²) in [7, 11) is 1.74. The van der Waals surface area contributed by atoms with E-state index in [1.807, 2.05) is 48.5 Å². The third-order valence-corrected chi connectivity index (χ3v) is 4.82. The predicted octanol–water partition coefficient (Wildman–Crippen LogP) is 4.00. The summed E-state index contributed by atoms with van der Waals surface area (Å²) in [5.74, 6) is 1.44. The summed E-state index contributed by atoms with van der Waals surface area (Å²) in [6, 6.07) is 15.4. The third kappa shape index (κ3) is 6.24. The zero-order chi connectivity index (χ0) is 19.9. The quantitative estimate of drug-likeness (QED) is 0.257. The molecule has 8 heteroatoms. The molecular weight excluding hydrogens is 503 g/mol. The zero-order valence-electron chi connectivity index (χ0n) is 16.5. The van der Waals surface area contributed by atoms with Gasteiger partial charge in [-0.05, 0) is 43.2 Å². The molecule has 1 heterocycles. The van der Waals surface area contributed by atoms with Crippen LogP contribution in [0.4, 0.5) is 5.69 Å². The topological polar surface area (TPSA) is 66.0 Å². The second-order valence-electron chi connectivity index (χ2n) is 6.58. The van der Waals surface area contributed by atoms with E-state index in [-0.39, 0.29) is 42.5 Å². The average Bonchev–Trinajstić information content (AvgIpc) is 2.71. The average molecular weight is 529 g/mol. The Morgan fingerprint density at radius 2 is 2.07 bits per heavy atom. The van der Waals surface area contributed by atoms with Crippen LogP contribution in [-0.4, -0.2) is 38.6 Å². The largest absolute Gasteiger partial charge is 0.482 e. The molecule has 0 fully saturated rings. The van der Waals surface area contributed by atoms with Gasteiger partial charge in [-0.1, -0.05) is 35.9 Å². The van der Waals surface area contributed by atoms with Crippen molar-refractivity contribution >= 4 is 53.1 Å². The third-order valence-electron chi connectivity index (χ3n) is 4.58. The van der Waals surface area contributed by atoms with Gasteiger partial charge in [0.1, 0.15) is 5.75 Å². The molecule has 0 bridgehead atoms. The molecular formula is C21H26ClIN4O2. The van der Waals surface area contributed by atoms with Crippen LogP contribution in [-0.2, 0) is 4.79 Å². The van der Waals surface area contributed by atoms with Crippen molar-refractivity contribution in [1.82, 2.24) is 10.6 Å². The molecule has 2 aromatic rings. The van der Waals surface area contributed by atoms with Gasteiger partial charge in [0.2, 0.25) is 0 Å². The number of ether oxygens (including phenoxy) is 1. The highest BCUT2D eigenvalue weighted by atomic mass is 127. The molecule has 0 aliphatic carbocycles. The molecule has 0 saturated carbocycles. The fraction of sp³-hybridized carbons (Fsp3) is 0.333. The first-order valence-electron chi connectivity index (χ1n) is 9.33. The number of carbonyl (C=O) groups excluding carboxylic acids is 1. The second kappa shape index (κ2) is 11.3. The second-order valence-corrected chi connectivity index (χ2v) is 7.01. The molecule has 3 rings (SSSR count). The minimum absolute atomic E-state index is 0. The van der Waals surface area contributed by atoms with E-state index < -0.39 is 0 Å². The molecule has 2 N–H and O–H groups in total.